The number of rotatable bonds is 5. The molecule has 0 radical (unpaired) electrons. The van der Waals surface area contributed by atoms with E-state index in [0.717, 1.165) is 34.3 Å². The van der Waals surface area contributed by atoms with Gasteiger partial charge in [0, 0.05) is 18.7 Å². The molecule has 0 saturated carbocycles. The second-order valence-corrected chi connectivity index (χ2v) is 6.94. The topological polar surface area (TPSA) is 46.9 Å². The molecular formula is C23H18F3N3O. The first-order chi connectivity index (χ1) is 14.4. The summed E-state index contributed by atoms with van der Waals surface area (Å²) in [6.45, 7) is 0.916. The summed E-state index contributed by atoms with van der Waals surface area (Å²) >= 11 is 0. The zero-order chi connectivity index (χ0) is 21.1. The average molecular weight is 409 g/mol. The number of para-hydroxylation sites is 2. The predicted octanol–water partition coefficient (Wildman–Crippen LogP) is 5.03. The zero-order valence-electron chi connectivity index (χ0n) is 15.9. The van der Waals surface area contributed by atoms with Crippen molar-refractivity contribution in [2.75, 3.05) is 0 Å². The molecule has 7 heteroatoms. The highest BCUT2D eigenvalue weighted by Crippen LogP contribution is 2.29. The van der Waals surface area contributed by atoms with Crippen LogP contribution in [0.3, 0.4) is 0 Å². The van der Waals surface area contributed by atoms with Gasteiger partial charge < -0.3 is 9.88 Å². The number of nitrogens with one attached hydrogen (secondary N) is 1. The van der Waals surface area contributed by atoms with Crippen molar-refractivity contribution in [3.05, 3.63) is 101 Å². The van der Waals surface area contributed by atoms with E-state index in [1.165, 1.54) is 12.1 Å². The van der Waals surface area contributed by atoms with Crippen LogP contribution in [0.5, 0.6) is 0 Å². The Labute approximate surface area is 171 Å². The maximum atomic E-state index is 12.6. The lowest BCUT2D eigenvalue weighted by molar-refractivity contribution is -0.137. The van der Waals surface area contributed by atoms with Gasteiger partial charge in [-0.05, 0) is 47.5 Å². The fourth-order valence-corrected chi connectivity index (χ4v) is 3.27. The van der Waals surface area contributed by atoms with E-state index in [4.69, 9.17) is 0 Å². The SMILES string of the molecule is O=C(NCc1cccc(Cn2cnc3ccccc32)c1)c1ccc(C(F)(F)F)cc1. The molecule has 4 nitrogen and oxygen atoms in total. The first-order valence-corrected chi connectivity index (χ1v) is 9.33. The smallest absolute Gasteiger partial charge is 0.348 e. The van der Waals surface area contributed by atoms with Crippen molar-refractivity contribution in [2.24, 2.45) is 0 Å². The van der Waals surface area contributed by atoms with Gasteiger partial charge in [0.1, 0.15) is 0 Å². The number of halogens is 3. The van der Waals surface area contributed by atoms with Crippen LogP contribution in [0.2, 0.25) is 0 Å². The zero-order valence-corrected chi connectivity index (χ0v) is 15.9. The summed E-state index contributed by atoms with van der Waals surface area (Å²) in [7, 11) is 0. The number of hydrogen-bond donors (Lipinski definition) is 1. The van der Waals surface area contributed by atoms with Crippen molar-refractivity contribution in [1.29, 1.82) is 0 Å². The number of carbonyl (C=O) groups is 1. The van der Waals surface area contributed by atoms with E-state index in [-0.39, 0.29) is 12.1 Å². The molecule has 30 heavy (non-hydrogen) atoms. The van der Waals surface area contributed by atoms with Crippen molar-refractivity contribution in [3.63, 3.8) is 0 Å². The summed E-state index contributed by atoms with van der Waals surface area (Å²) in [5, 5.41) is 2.75. The second-order valence-electron chi connectivity index (χ2n) is 6.94. The van der Waals surface area contributed by atoms with Crippen molar-refractivity contribution >= 4 is 16.9 Å². The molecule has 4 rings (SSSR count). The number of hydrogen-bond acceptors (Lipinski definition) is 2. The Kier molecular flexibility index (Phi) is 5.27. The molecule has 1 amide bonds. The fraction of sp³-hybridized carbons (Fsp3) is 0.130. The number of nitrogens with zero attached hydrogens (tertiary/aromatic N) is 2. The van der Waals surface area contributed by atoms with Crippen LogP contribution >= 0.6 is 0 Å². The largest absolute Gasteiger partial charge is 0.416 e. The van der Waals surface area contributed by atoms with Crippen LogP contribution in [0, 0.1) is 0 Å². The average Bonchev–Trinajstić information content (AvgIpc) is 3.15. The third kappa shape index (κ3) is 4.35. The van der Waals surface area contributed by atoms with Gasteiger partial charge in [-0.2, -0.15) is 13.2 Å². The Morgan fingerprint density at radius 2 is 1.67 bits per heavy atom. The van der Waals surface area contributed by atoms with E-state index in [1.807, 2.05) is 48.5 Å². The number of amides is 1. The van der Waals surface area contributed by atoms with Crippen LogP contribution < -0.4 is 5.32 Å². The van der Waals surface area contributed by atoms with Gasteiger partial charge in [-0.1, -0.05) is 36.4 Å². The predicted molar refractivity (Wildman–Crippen MR) is 108 cm³/mol. The lowest BCUT2D eigenvalue weighted by atomic mass is 10.1. The highest BCUT2D eigenvalue weighted by molar-refractivity contribution is 5.94. The van der Waals surface area contributed by atoms with Gasteiger partial charge in [-0.3, -0.25) is 4.79 Å². The summed E-state index contributed by atoms with van der Waals surface area (Å²) in [6.07, 6.45) is -2.63. The number of aromatic nitrogens is 2. The Morgan fingerprint density at radius 1 is 0.933 bits per heavy atom. The molecule has 0 aliphatic rings. The summed E-state index contributed by atoms with van der Waals surface area (Å²) in [5.74, 6) is -0.422. The van der Waals surface area contributed by atoms with Crippen LogP contribution in [0.4, 0.5) is 13.2 Å². The molecule has 0 bridgehead atoms. The quantitative estimate of drug-likeness (QED) is 0.502. The van der Waals surface area contributed by atoms with Gasteiger partial charge >= 0.3 is 6.18 Å². The molecule has 4 aromatic rings. The van der Waals surface area contributed by atoms with Crippen molar-refractivity contribution in [3.8, 4) is 0 Å². The van der Waals surface area contributed by atoms with Crippen LogP contribution in [-0.2, 0) is 19.3 Å². The van der Waals surface area contributed by atoms with Crippen molar-refractivity contribution in [2.45, 2.75) is 19.3 Å². The van der Waals surface area contributed by atoms with Gasteiger partial charge in [-0.25, -0.2) is 4.98 Å². The second kappa shape index (κ2) is 8.02. The Balaban J connectivity index is 1.41. The minimum Gasteiger partial charge on any atom is -0.348 e. The summed E-state index contributed by atoms with van der Waals surface area (Å²) in [4.78, 5) is 16.6. The van der Waals surface area contributed by atoms with Crippen molar-refractivity contribution in [1.82, 2.24) is 14.9 Å². The van der Waals surface area contributed by atoms with Gasteiger partial charge in [0.05, 0.1) is 22.9 Å². The third-order valence-corrected chi connectivity index (χ3v) is 4.80. The van der Waals surface area contributed by atoms with E-state index in [1.54, 1.807) is 6.33 Å². The molecule has 0 aliphatic carbocycles. The fourth-order valence-electron chi connectivity index (χ4n) is 3.27. The van der Waals surface area contributed by atoms with E-state index in [0.29, 0.717) is 6.54 Å². The molecule has 1 heterocycles. The van der Waals surface area contributed by atoms with Crippen LogP contribution in [-0.4, -0.2) is 15.5 Å². The normalized spacial score (nSPS) is 11.6. The molecule has 3 aromatic carbocycles. The molecular weight excluding hydrogens is 391 g/mol. The Morgan fingerprint density at radius 3 is 2.43 bits per heavy atom. The van der Waals surface area contributed by atoms with Gasteiger partial charge in [0.15, 0.2) is 0 Å². The molecule has 0 saturated heterocycles. The molecule has 1 aromatic heterocycles. The molecule has 0 spiro atoms. The number of fused-ring (bicyclic) bond motifs is 1. The first kappa shape index (κ1) is 19.7. The number of alkyl halides is 3. The van der Waals surface area contributed by atoms with E-state index in [2.05, 4.69) is 14.9 Å². The van der Waals surface area contributed by atoms with E-state index < -0.39 is 17.6 Å². The Hall–Kier alpha value is -3.61. The number of imidazole rings is 1. The number of carbonyl (C=O) groups excluding carboxylic acids is 1. The first-order valence-electron chi connectivity index (χ1n) is 9.33. The molecule has 0 unspecified atom stereocenters. The molecule has 0 atom stereocenters. The van der Waals surface area contributed by atoms with Crippen molar-refractivity contribution < 1.29 is 18.0 Å². The minimum absolute atomic E-state index is 0.184. The lowest BCUT2D eigenvalue weighted by Crippen LogP contribution is -2.23. The minimum atomic E-state index is -4.42. The van der Waals surface area contributed by atoms with E-state index in [9.17, 15) is 18.0 Å². The molecule has 0 fully saturated rings. The van der Waals surface area contributed by atoms with Crippen LogP contribution in [0.25, 0.3) is 11.0 Å². The summed E-state index contributed by atoms with van der Waals surface area (Å²) in [6, 6.07) is 19.8. The van der Waals surface area contributed by atoms with Crippen LogP contribution in [0.1, 0.15) is 27.0 Å². The maximum Gasteiger partial charge on any atom is 0.416 e. The lowest BCUT2D eigenvalue weighted by Gasteiger charge is -2.10. The summed E-state index contributed by atoms with van der Waals surface area (Å²) < 4.78 is 40.0. The third-order valence-electron chi connectivity index (χ3n) is 4.80. The molecule has 152 valence electrons. The maximum absolute atomic E-state index is 12.6. The van der Waals surface area contributed by atoms with Gasteiger partial charge in [0.25, 0.3) is 5.91 Å². The van der Waals surface area contributed by atoms with E-state index >= 15 is 0 Å². The Bertz CT molecular complexity index is 1180. The standard InChI is InChI=1S/C23H18F3N3O/c24-23(25,26)19-10-8-18(9-11-19)22(30)27-13-16-4-3-5-17(12-16)14-29-15-28-20-6-1-2-7-21(20)29/h1-12,15H,13-14H2,(H,27,30). The highest BCUT2D eigenvalue weighted by atomic mass is 19.4. The van der Waals surface area contributed by atoms with Gasteiger partial charge in [0.2, 0.25) is 0 Å². The number of benzene rings is 3. The molecule has 1 N–H and O–H groups in total. The monoisotopic (exact) mass is 409 g/mol. The van der Waals surface area contributed by atoms with Gasteiger partial charge in [-0.15, -0.1) is 0 Å². The highest BCUT2D eigenvalue weighted by Gasteiger charge is 2.30. The summed E-state index contributed by atoms with van der Waals surface area (Å²) in [5.41, 5.74) is 3.33. The van der Waals surface area contributed by atoms with Crippen LogP contribution in [0.15, 0.2) is 79.1 Å². The molecule has 0 aliphatic heterocycles.